The quantitative estimate of drug-likeness (QED) is 0.165. The number of primary amides is 1. The molecule has 0 aliphatic carbocycles. The summed E-state index contributed by atoms with van der Waals surface area (Å²) in [6, 6.07) is 21.1. The first kappa shape index (κ1) is 38.4. The number of anilines is 1. The zero-order valence-corrected chi connectivity index (χ0v) is 30.4. The topological polar surface area (TPSA) is 154 Å². The predicted molar refractivity (Wildman–Crippen MR) is 196 cm³/mol. The maximum atomic E-state index is 14.4. The first-order valence-electron chi connectivity index (χ1n) is 16.8. The lowest BCUT2D eigenvalue weighted by molar-refractivity contribution is -0.139. The molecule has 50 heavy (non-hydrogen) atoms. The van der Waals surface area contributed by atoms with Gasteiger partial charge in [-0.25, -0.2) is 4.31 Å². The number of Topliss-reactive ketones (excluding diaryl/α,β-unsaturated/α-hetero) is 1. The van der Waals surface area contributed by atoms with Crippen molar-refractivity contribution >= 4 is 41.1 Å². The van der Waals surface area contributed by atoms with Gasteiger partial charge in [0, 0.05) is 37.1 Å². The zero-order valence-electron chi connectivity index (χ0n) is 29.6. The SMILES string of the molecule is CC[C@H](NC(=O)COc1cccc(N(C)C)c1)C(=O)N[C@@H](Cc1ccccc1)[C@H](O)C(=O)[C@H]1C(C(N)=O)C(C)(C)SN1Cc1ccccc1C. The molecule has 4 rings (SSSR count). The van der Waals surface area contributed by atoms with Crippen molar-refractivity contribution in [3.8, 4) is 5.75 Å². The molecule has 5 N–H and O–H groups in total. The number of carbonyl (C=O) groups is 4. The van der Waals surface area contributed by atoms with Crippen LogP contribution in [0.4, 0.5) is 5.69 Å². The van der Waals surface area contributed by atoms with Gasteiger partial charge in [0.15, 0.2) is 12.4 Å². The van der Waals surface area contributed by atoms with E-state index in [4.69, 9.17) is 10.5 Å². The van der Waals surface area contributed by atoms with E-state index in [1.165, 1.54) is 11.9 Å². The molecule has 3 amide bonds. The van der Waals surface area contributed by atoms with Crippen LogP contribution in [-0.2, 0) is 32.1 Å². The Morgan fingerprint density at radius 3 is 2.32 bits per heavy atom. The van der Waals surface area contributed by atoms with Crippen molar-refractivity contribution in [3.05, 3.63) is 95.6 Å². The second-order valence-electron chi connectivity index (χ2n) is 13.4. The molecule has 0 aromatic heterocycles. The Morgan fingerprint density at radius 1 is 1.00 bits per heavy atom. The molecule has 11 nitrogen and oxygen atoms in total. The predicted octanol–water partition coefficient (Wildman–Crippen LogP) is 3.40. The Bertz CT molecular complexity index is 1650. The van der Waals surface area contributed by atoms with Gasteiger partial charge in [0.25, 0.3) is 5.91 Å². The van der Waals surface area contributed by atoms with Gasteiger partial charge >= 0.3 is 0 Å². The molecular weight excluding hydrogens is 655 g/mol. The van der Waals surface area contributed by atoms with E-state index in [1.54, 1.807) is 19.1 Å². The van der Waals surface area contributed by atoms with E-state index in [9.17, 15) is 24.3 Å². The van der Waals surface area contributed by atoms with Crippen LogP contribution in [0, 0.1) is 12.8 Å². The minimum absolute atomic E-state index is 0.123. The van der Waals surface area contributed by atoms with Gasteiger partial charge < -0.3 is 31.1 Å². The van der Waals surface area contributed by atoms with Crippen molar-refractivity contribution in [2.45, 2.75) is 76.1 Å². The fourth-order valence-electron chi connectivity index (χ4n) is 6.21. The highest BCUT2D eigenvalue weighted by Crippen LogP contribution is 2.48. The minimum atomic E-state index is -1.69. The van der Waals surface area contributed by atoms with Crippen LogP contribution >= 0.6 is 11.9 Å². The lowest BCUT2D eigenvalue weighted by Gasteiger charge is -2.31. The Morgan fingerprint density at radius 2 is 1.68 bits per heavy atom. The van der Waals surface area contributed by atoms with Crippen molar-refractivity contribution in [1.29, 1.82) is 0 Å². The number of aliphatic hydroxyl groups is 1. The first-order valence-corrected chi connectivity index (χ1v) is 17.5. The van der Waals surface area contributed by atoms with Gasteiger partial charge in [-0.2, -0.15) is 0 Å². The Labute approximate surface area is 299 Å². The van der Waals surface area contributed by atoms with Gasteiger partial charge in [0.2, 0.25) is 11.8 Å². The fourth-order valence-corrected chi connectivity index (χ4v) is 7.71. The monoisotopic (exact) mass is 703 g/mol. The van der Waals surface area contributed by atoms with Crippen molar-refractivity contribution in [1.82, 2.24) is 14.9 Å². The maximum absolute atomic E-state index is 14.4. The van der Waals surface area contributed by atoms with Crippen LogP contribution in [0.15, 0.2) is 78.9 Å². The maximum Gasteiger partial charge on any atom is 0.258 e. The Hall–Kier alpha value is -4.39. The smallest absolute Gasteiger partial charge is 0.258 e. The molecule has 5 atom stereocenters. The molecule has 0 spiro atoms. The zero-order chi connectivity index (χ0) is 36.6. The van der Waals surface area contributed by atoms with E-state index in [-0.39, 0.29) is 19.4 Å². The van der Waals surface area contributed by atoms with Crippen molar-refractivity contribution in [3.63, 3.8) is 0 Å². The Kier molecular flexibility index (Phi) is 13.1. The third kappa shape index (κ3) is 9.64. The first-order chi connectivity index (χ1) is 23.7. The molecule has 0 saturated carbocycles. The third-order valence-corrected chi connectivity index (χ3v) is 10.3. The van der Waals surface area contributed by atoms with Crippen molar-refractivity contribution in [2.75, 3.05) is 25.6 Å². The number of ether oxygens (including phenoxy) is 1. The average Bonchev–Trinajstić information content (AvgIpc) is 3.36. The number of benzene rings is 3. The molecule has 1 fully saturated rings. The van der Waals surface area contributed by atoms with Crippen LogP contribution in [0.2, 0.25) is 0 Å². The number of carbonyl (C=O) groups excluding carboxylic acids is 4. The summed E-state index contributed by atoms with van der Waals surface area (Å²) in [5.74, 6) is -2.73. The minimum Gasteiger partial charge on any atom is -0.484 e. The lowest BCUT2D eigenvalue weighted by atomic mass is 9.82. The molecule has 1 unspecified atom stereocenters. The Balaban J connectivity index is 1.54. The second-order valence-corrected chi connectivity index (χ2v) is 15.1. The molecular formula is C38H49N5O6S. The summed E-state index contributed by atoms with van der Waals surface area (Å²) in [4.78, 5) is 55.8. The molecule has 1 heterocycles. The summed E-state index contributed by atoms with van der Waals surface area (Å²) in [5.41, 5.74) is 9.60. The van der Waals surface area contributed by atoms with E-state index in [2.05, 4.69) is 10.6 Å². The number of hydrogen-bond donors (Lipinski definition) is 4. The van der Waals surface area contributed by atoms with E-state index in [0.29, 0.717) is 12.3 Å². The van der Waals surface area contributed by atoms with Crippen LogP contribution in [-0.4, -0.2) is 82.6 Å². The molecule has 1 saturated heterocycles. The molecule has 0 radical (unpaired) electrons. The van der Waals surface area contributed by atoms with E-state index >= 15 is 0 Å². The van der Waals surface area contributed by atoms with Crippen LogP contribution in [0.5, 0.6) is 5.75 Å². The summed E-state index contributed by atoms with van der Waals surface area (Å²) < 4.78 is 6.77. The van der Waals surface area contributed by atoms with Gasteiger partial charge in [0.05, 0.1) is 18.0 Å². The molecule has 3 aromatic carbocycles. The van der Waals surface area contributed by atoms with Gasteiger partial charge in [-0.05, 0) is 62.4 Å². The highest BCUT2D eigenvalue weighted by Gasteiger charge is 2.55. The van der Waals surface area contributed by atoms with Gasteiger partial charge in [-0.1, -0.05) is 79.5 Å². The molecule has 0 bridgehead atoms. The normalized spacial score (nSPS) is 18.8. The number of nitrogens with one attached hydrogen (secondary N) is 2. The van der Waals surface area contributed by atoms with Gasteiger partial charge in [-0.15, -0.1) is 0 Å². The summed E-state index contributed by atoms with van der Waals surface area (Å²) in [6.07, 6.45) is -1.32. The number of nitrogens with two attached hydrogens (primary N) is 1. The summed E-state index contributed by atoms with van der Waals surface area (Å²) in [5, 5.41) is 17.4. The van der Waals surface area contributed by atoms with Crippen LogP contribution in [0.1, 0.15) is 43.9 Å². The second kappa shape index (κ2) is 17.0. The van der Waals surface area contributed by atoms with Crippen molar-refractivity contribution < 1.29 is 29.0 Å². The van der Waals surface area contributed by atoms with Crippen LogP contribution < -0.4 is 26.0 Å². The number of aryl methyl sites for hydroxylation is 1. The number of ketones is 1. The highest BCUT2D eigenvalue weighted by atomic mass is 32.2. The highest BCUT2D eigenvalue weighted by molar-refractivity contribution is 7.98. The molecule has 12 heteroatoms. The number of hydrogen-bond acceptors (Lipinski definition) is 9. The van der Waals surface area contributed by atoms with Gasteiger partial charge in [0.1, 0.15) is 17.9 Å². The number of nitrogens with zero attached hydrogens (tertiary/aromatic N) is 2. The summed E-state index contributed by atoms with van der Waals surface area (Å²) in [7, 11) is 3.80. The van der Waals surface area contributed by atoms with Crippen LogP contribution in [0.25, 0.3) is 0 Å². The fraction of sp³-hybridized carbons (Fsp3) is 0.421. The summed E-state index contributed by atoms with van der Waals surface area (Å²) in [6.45, 7) is 7.47. The molecule has 1 aliphatic rings. The third-order valence-electron chi connectivity index (χ3n) is 8.98. The van der Waals surface area contributed by atoms with E-state index in [1.807, 2.05) is 111 Å². The van der Waals surface area contributed by atoms with Gasteiger partial charge in [-0.3, -0.25) is 19.2 Å². The summed E-state index contributed by atoms with van der Waals surface area (Å²) >= 11 is 1.36. The molecule has 3 aromatic rings. The number of amides is 3. The largest absolute Gasteiger partial charge is 0.484 e. The molecule has 268 valence electrons. The number of aliphatic hydroxyl groups excluding tert-OH is 1. The molecule has 1 aliphatic heterocycles. The van der Waals surface area contributed by atoms with E-state index in [0.717, 1.165) is 22.4 Å². The lowest BCUT2D eigenvalue weighted by Crippen LogP contribution is -2.58. The van der Waals surface area contributed by atoms with Crippen LogP contribution in [0.3, 0.4) is 0 Å². The number of rotatable bonds is 16. The van der Waals surface area contributed by atoms with Crippen molar-refractivity contribution in [2.24, 2.45) is 11.7 Å². The average molecular weight is 704 g/mol. The van der Waals surface area contributed by atoms with E-state index < -0.39 is 58.4 Å². The standard InChI is InChI=1S/C38H49N5O6S/c1-7-29(40-31(44)23-49-28-19-13-18-27(21-28)42(5)6)37(48)41-30(20-25-15-9-8-10-16-25)34(45)35(46)33-32(36(39)47)38(3,4)50-43(33)22-26-17-12-11-14-24(26)2/h8-19,21,29-30,32-34,45H,7,20,22-23H2,1-6H3,(H2,39,47)(H,40,44)(H,41,48)/t29-,30-,32?,33+,34-/m0/s1.